The van der Waals surface area contributed by atoms with Gasteiger partial charge in [-0.05, 0) is 124 Å². The summed E-state index contributed by atoms with van der Waals surface area (Å²) in [5.41, 5.74) is 6.17. The van der Waals surface area contributed by atoms with Crippen LogP contribution in [0.3, 0.4) is 0 Å². The van der Waals surface area contributed by atoms with E-state index in [2.05, 4.69) is 93.7 Å². The number of ether oxygens (including phenoxy) is 1. The molecule has 1 aliphatic heterocycles. The molecule has 0 bridgehead atoms. The number of aryl methyl sites for hydroxylation is 2. The summed E-state index contributed by atoms with van der Waals surface area (Å²) in [6.07, 6.45) is 5.73. The summed E-state index contributed by atoms with van der Waals surface area (Å²) in [7, 11) is 0. The molecule has 0 spiro atoms. The molecule has 0 radical (unpaired) electrons. The zero-order valence-electron chi connectivity index (χ0n) is 38.2. The molecule has 2 heterocycles. The van der Waals surface area contributed by atoms with Crippen LogP contribution in [0.4, 0.5) is 10.1 Å². The number of benzene rings is 5. The lowest BCUT2D eigenvalue weighted by atomic mass is 9.84. The van der Waals surface area contributed by atoms with Crippen LogP contribution in [-0.2, 0) is 31.9 Å². The summed E-state index contributed by atoms with van der Waals surface area (Å²) in [5, 5.41) is 10.2. The standard InChI is InChI=1S/C55H59FN4O4S2/c1-37(61)48(35-50(65-5)47-23-15-16-32-57-47)60-52(62)46-33-44(31-28-39(46)27-24-38-25-29-43(56)30-26-38)59-51(53(63)64-54(2,3)4)49-34-45(36-58-49)66-55(40-17-9-6-10-18-40,41-19-11-7-12-20-41)42-21-13-8-14-22-42/h6-23,25-26,28-33,45,48-51,58-59H,24,27,34-36H2,1-5H3,(H,60,62)/t45?,48-,49?,50?,51?/m0/s1. The number of amides is 1. The van der Waals surface area contributed by atoms with Crippen molar-refractivity contribution in [1.82, 2.24) is 15.6 Å². The van der Waals surface area contributed by atoms with Crippen molar-refractivity contribution in [2.24, 2.45) is 0 Å². The number of ketones is 1. The van der Waals surface area contributed by atoms with E-state index in [1.54, 1.807) is 36.2 Å². The van der Waals surface area contributed by atoms with E-state index in [9.17, 15) is 18.8 Å². The molecular weight excluding hydrogens is 864 g/mol. The molecule has 1 amide bonds. The van der Waals surface area contributed by atoms with Gasteiger partial charge in [-0.15, -0.1) is 11.8 Å². The first kappa shape index (κ1) is 48.2. The largest absolute Gasteiger partial charge is 0.458 e. The Kier molecular flexibility index (Phi) is 16.2. The van der Waals surface area contributed by atoms with Gasteiger partial charge in [0.15, 0.2) is 5.78 Å². The molecule has 5 atom stereocenters. The Morgan fingerprint density at radius 1 is 0.803 bits per heavy atom. The molecule has 4 unspecified atom stereocenters. The van der Waals surface area contributed by atoms with Crippen molar-refractivity contribution in [3.63, 3.8) is 0 Å². The summed E-state index contributed by atoms with van der Waals surface area (Å²) in [4.78, 5) is 46.6. The SMILES string of the molecule is CSC(C[C@H](NC(=O)c1cc(NC(C(=O)OC(C)(C)C)C2CC(SC(c3ccccc3)(c3ccccc3)c3ccccc3)CN2)ccc1CCc1ccc(F)cc1)C(C)=O)c1ccccn1. The fraction of sp³-hybridized carbons (Fsp3) is 0.309. The molecule has 66 heavy (non-hydrogen) atoms. The number of hydrogen-bond donors (Lipinski definition) is 3. The number of nitrogens with zero attached hydrogens (tertiary/aromatic N) is 1. The number of pyridine rings is 1. The topological polar surface area (TPSA) is 109 Å². The highest BCUT2D eigenvalue weighted by atomic mass is 32.2. The Bertz CT molecular complexity index is 2430. The number of anilines is 1. The fourth-order valence-electron chi connectivity index (χ4n) is 8.62. The van der Waals surface area contributed by atoms with Crippen molar-refractivity contribution >= 4 is 46.9 Å². The number of Topliss-reactive ketones (excluding diaryl/α,β-unsaturated/α-hetero) is 1. The first-order valence-corrected chi connectivity index (χ1v) is 24.7. The van der Waals surface area contributed by atoms with E-state index in [1.165, 1.54) is 19.1 Å². The van der Waals surface area contributed by atoms with Gasteiger partial charge in [0.2, 0.25) is 0 Å². The van der Waals surface area contributed by atoms with Gasteiger partial charge < -0.3 is 20.7 Å². The maximum absolute atomic E-state index is 14.5. The van der Waals surface area contributed by atoms with E-state index in [0.29, 0.717) is 43.5 Å². The molecule has 11 heteroatoms. The average Bonchev–Trinajstić information content (AvgIpc) is 3.79. The predicted molar refractivity (Wildman–Crippen MR) is 268 cm³/mol. The summed E-state index contributed by atoms with van der Waals surface area (Å²) in [5.74, 6) is -1.30. The quantitative estimate of drug-likeness (QED) is 0.0540. The summed E-state index contributed by atoms with van der Waals surface area (Å²) >= 11 is 3.46. The van der Waals surface area contributed by atoms with E-state index in [0.717, 1.165) is 33.5 Å². The Morgan fingerprint density at radius 2 is 1.41 bits per heavy atom. The molecule has 342 valence electrons. The number of aromatic nitrogens is 1. The first-order valence-electron chi connectivity index (χ1n) is 22.5. The zero-order chi connectivity index (χ0) is 46.7. The highest BCUT2D eigenvalue weighted by Crippen LogP contribution is 2.51. The van der Waals surface area contributed by atoms with Crippen LogP contribution in [0.5, 0.6) is 0 Å². The van der Waals surface area contributed by atoms with Crippen LogP contribution in [0.1, 0.15) is 89.7 Å². The van der Waals surface area contributed by atoms with Crippen LogP contribution in [0.15, 0.2) is 158 Å². The van der Waals surface area contributed by atoms with Crippen molar-refractivity contribution in [3.05, 3.63) is 203 Å². The van der Waals surface area contributed by atoms with E-state index in [-0.39, 0.29) is 28.1 Å². The van der Waals surface area contributed by atoms with Gasteiger partial charge in [-0.2, -0.15) is 11.8 Å². The van der Waals surface area contributed by atoms with Gasteiger partial charge in [-0.3, -0.25) is 14.6 Å². The lowest BCUT2D eigenvalue weighted by Gasteiger charge is -2.37. The van der Waals surface area contributed by atoms with Crippen LogP contribution < -0.4 is 16.0 Å². The maximum atomic E-state index is 14.5. The fourth-order valence-corrected chi connectivity index (χ4v) is 11.2. The molecular formula is C55H59FN4O4S2. The minimum absolute atomic E-state index is 0.0808. The summed E-state index contributed by atoms with van der Waals surface area (Å²) < 4.78 is 19.4. The molecule has 1 aromatic heterocycles. The number of rotatable bonds is 19. The van der Waals surface area contributed by atoms with Crippen molar-refractivity contribution in [2.45, 2.75) is 92.4 Å². The minimum atomic E-state index is -0.818. The normalized spacial score (nSPS) is 16.5. The van der Waals surface area contributed by atoms with Crippen molar-refractivity contribution < 1.29 is 23.5 Å². The second-order valence-electron chi connectivity index (χ2n) is 17.8. The lowest BCUT2D eigenvalue weighted by molar-refractivity contribution is -0.156. The van der Waals surface area contributed by atoms with Gasteiger partial charge in [0.25, 0.3) is 5.91 Å². The molecule has 1 aliphatic rings. The number of hydrogen-bond acceptors (Lipinski definition) is 9. The van der Waals surface area contributed by atoms with Crippen LogP contribution in [0, 0.1) is 5.82 Å². The Balaban J connectivity index is 1.19. The number of nitrogens with one attached hydrogen (secondary N) is 3. The van der Waals surface area contributed by atoms with Crippen LogP contribution in [0.25, 0.3) is 0 Å². The molecule has 8 nitrogen and oxygen atoms in total. The average molecular weight is 923 g/mol. The number of carbonyl (C=O) groups is 3. The van der Waals surface area contributed by atoms with Crippen molar-refractivity contribution in [3.8, 4) is 0 Å². The van der Waals surface area contributed by atoms with Crippen LogP contribution >= 0.6 is 23.5 Å². The van der Waals surface area contributed by atoms with Gasteiger partial charge in [0, 0.05) is 40.5 Å². The van der Waals surface area contributed by atoms with E-state index in [4.69, 9.17) is 4.74 Å². The van der Waals surface area contributed by atoms with Gasteiger partial charge in [-0.25, -0.2) is 9.18 Å². The van der Waals surface area contributed by atoms with Gasteiger partial charge in [0.05, 0.1) is 16.5 Å². The minimum Gasteiger partial charge on any atom is -0.458 e. The third kappa shape index (κ3) is 12.2. The smallest absolute Gasteiger partial charge is 0.330 e. The maximum Gasteiger partial charge on any atom is 0.330 e. The predicted octanol–water partition coefficient (Wildman–Crippen LogP) is 10.8. The third-order valence-electron chi connectivity index (χ3n) is 11.9. The molecule has 1 saturated heterocycles. The number of halogens is 1. The highest BCUT2D eigenvalue weighted by Gasteiger charge is 2.44. The molecule has 5 aromatic carbocycles. The molecule has 0 saturated carbocycles. The van der Waals surface area contributed by atoms with Gasteiger partial charge >= 0.3 is 5.97 Å². The lowest BCUT2D eigenvalue weighted by Crippen LogP contribution is -2.48. The number of esters is 1. The molecule has 7 rings (SSSR count). The molecule has 6 aromatic rings. The van der Waals surface area contributed by atoms with Gasteiger partial charge in [0.1, 0.15) is 17.5 Å². The van der Waals surface area contributed by atoms with E-state index in [1.807, 2.05) is 87.3 Å². The van der Waals surface area contributed by atoms with Crippen LogP contribution in [-0.4, -0.2) is 64.4 Å². The summed E-state index contributed by atoms with van der Waals surface area (Å²) in [6.45, 7) is 7.70. The Labute approximate surface area is 397 Å². The molecule has 3 N–H and O–H groups in total. The van der Waals surface area contributed by atoms with Crippen LogP contribution in [0.2, 0.25) is 0 Å². The second kappa shape index (κ2) is 22.2. The Morgan fingerprint density at radius 3 is 1.95 bits per heavy atom. The first-order chi connectivity index (χ1) is 31.8. The molecule has 1 fully saturated rings. The third-order valence-corrected chi connectivity index (χ3v) is 14.6. The van der Waals surface area contributed by atoms with Gasteiger partial charge in [-0.1, -0.05) is 115 Å². The molecule has 0 aliphatic carbocycles. The Hall–Kier alpha value is -5.75. The number of carbonyl (C=O) groups excluding carboxylic acids is 3. The summed E-state index contributed by atoms with van der Waals surface area (Å²) in [6, 6.07) is 47.4. The van der Waals surface area contributed by atoms with Crippen molar-refractivity contribution in [2.75, 3.05) is 18.1 Å². The van der Waals surface area contributed by atoms with Crippen molar-refractivity contribution in [1.29, 1.82) is 0 Å². The monoisotopic (exact) mass is 922 g/mol. The second-order valence-corrected chi connectivity index (χ2v) is 20.3. The highest BCUT2D eigenvalue weighted by molar-refractivity contribution is 8.01. The number of thioether (sulfide) groups is 2. The van der Waals surface area contributed by atoms with E-state index < -0.39 is 34.3 Å². The van der Waals surface area contributed by atoms with E-state index >= 15 is 0 Å². The zero-order valence-corrected chi connectivity index (χ0v) is 39.8.